The Morgan fingerprint density at radius 2 is 1.93 bits per heavy atom. The number of nitrogens with zero attached hydrogens (tertiary/aromatic N) is 2. The SMILES string of the molecule is CC(=O)Nc1ccc(S(=O)(=O)N2CCC[C@H]2c2nc3ccccc3s2)cc1. The van der Waals surface area contributed by atoms with Crippen molar-refractivity contribution in [2.45, 2.75) is 30.7 Å². The molecule has 8 heteroatoms. The smallest absolute Gasteiger partial charge is 0.243 e. The number of hydrogen-bond donors (Lipinski definition) is 1. The van der Waals surface area contributed by atoms with Gasteiger partial charge in [0.2, 0.25) is 15.9 Å². The number of carbonyl (C=O) groups excluding carboxylic acids is 1. The van der Waals surface area contributed by atoms with E-state index in [-0.39, 0.29) is 16.8 Å². The van der Waals surface area contributed by atoms with Gasteiger partial charge in [0, 0.05) is 19.2 Å². The van der Waals surface area contributed by atoms with Crippen LogP contribution >= 0.6 is 11.3 Å². The van der Waals surface area contributed by atoms with E-state index in [4.69, 9.17) is 0 Å². The molecule has 27 heavy (non-hydrogen) atoms. The summed E-state index contributed by atoms with van der Waals surface area (Å²) in [6, 6.07) is 13.9. The Balaban J connectivity index is 1.64. The minimum atomic E-state index is -3.63. The third-order valence-electron chi connectivity index (χ3n) is 4.58. The van der Waals surface area contributed by atoms with E-state index in [9.17, 15) is 13.2 Å². The minimum Gasteiger partial charge on any atom is -0.326 e. The lowest BCUT2D eigenvalue weighted by atomic mass is 10.2. The Hall–Kier alpha value is -2.29. The second kappa shape index (κ2) is 7.03. The van der Waals surface area contributed by atoms with Crippen LogP contribution in [0.3, 0.4) is 0 Å². The van der Waals surface area contributed by atoms with Crippen LogP contribution in [0, 0.1) is 0 Å². The first-order valence-corrected chi connectivity index (χ1v) is 11.0. The molecule has 2 heterocycles. The quantitative estimate of drug-likeness (QED) is 0.721. The molecule has 0 spiro atoms. The highest BCUT2D eigenvalue weighted by atomic mass is 32.2. The van der Waals surface area contributed by atoms with Gasteiger partial charge in [0.25, 0.3) is 0 Å². The van der Waals surface area contributed by atoms with Crippen LogP contribution in [0.25, 0.3) is 10.2 Å². The predicted molar refractivity (Wildman–Crippen MR) is 106 cm³/mol. The van der Waals surface area contributed by atoms with E-state index in [0.717, 1.165) is 28.1 Å². The van der Waals surface area contributed by atoms with Crippen molar-refractivity contribution in [3.05, 3.63) is 53.5 Å². The minimum absolute atomic E-state index is 0.193. The maximum absolute atomic E-state index is 13.2. The molecule has 1 atom stereocenters. The Morgan fingerprint density at radius 1 is 1.19 bits per heavy atom. The van der Waals surface area contributed by atoms with Crippen LogP contribution < -0.4 is 5.32 Å². The van der Waals surface area contributed by atoms with Gasteiger partial charge in [-0.25, -0.2) is 13.4 Å². The summed E-state index contributed by atoms with van der Waals surface area (Å²) in [7, 11) is -3.63. The summed E-state index contributed by atoms with van der Waals surface area (Å²) in [5.41, 5.74) is 1.48. The number of benzene rings is 2. The van der Waals surface area contributed by atoms with Crippen LogP contribution in [0.2, 0.25) is 0 Å². The molecule has 1 fully saturated rings. The van der Waals surface area contributed by atoms with E-state index < -0.39 is 10.0 Å². The summed E-state index contributed by atoms with van der Waals surface area (Å²) in [4.78, 5) is 16.0. The zero-order chi connectivity index (χ0) is 19.0. The van der Waals surface area contributed by atoms with Crippen molar-refractivity contribution in [3.63, 3.8) is 0 Å². The lowest BCUT2D eigenvalue weighted by Crippen LogP contribution is -2.30. The maximum atomic E-state index is 13.2. The number of aromatic nitrogens is 1. The zero-order valence-corrected chi connectivity index (χ0v) is 16.4. The largest absolute Gasteiger partial charge is 0.326 e. The van der Waals surface area contributed by atoms with Crippen molar-refractivity contribution in [2.75, 3.05) is 11.9 Å². The van der Waals surface area contributed by atoms with E-state index in [1.54, 1.807) is 27.8 Å². The van der Waals surface area contributed by atoms with Crippen molar-refractivity contribution in [3.8, 4) is 0 Å². The van der Waals surface area contributed by atoms with Crippen molar-refractivity contribution in [1.82, 2.24) is 9.29 Å². The third kappa shape index (κ3) is 3.47. The van der Waals surface area contributed by atoms with Gasteiger partial charge in [0.05, 0.1) is 21.2 Å². The number of carbonyl (C=O) groups is 1. The van der Waals surface area contributed by atoms with Crippen LogP contribution in [0.5, 0.6) is 0 Å². The van der Waals surface area contributed by atoms with E-state index in [1.165, 1.54) is 19.1 Å². The predicted octanol–water partition coefficient (Wildman–Crippen LogP) is 3.78. The van der Waals surface area contributed by atoms with Crippen LogP contribution in [0.4, 0.5) is 5.69 Å². The number of thiazole rings is 1. The van der Waals surface area contributed by atoms with Crippen LogP contribution in [0.1, 0.15) is 30.8 Å². The number of hydrogen-bond acceptors (Lipinski definition) is 5. The lowest BCUT2D eigenvalue weighted by Gasteiger charge is -2.22. The fraction of sp³-hybridized carbons (Fsp3) is 0.263. The molecule has 1 amide bonds. The average molecular weight is 402 g/mol. The molecule has 0 radical (unpaired) electrons. The van der Waals surface area contributed by atoms with Gasteiger partial charge in [0.15, 0.2) is 0 Å². The normalized spacial score (nSPS) is 18.0. The highest BCUT2D eigenvalue weighted by Gasteiger charge is 2.37. The first-order valence-electron chi connectivity index (χ1n) is 8.70. The number of sulfonamides is 1. The number of anilines is 1. The fourth-order valence-electron chi connectivity index (χ4n) is 3.36. The Morgan fingerprint density at radius 3 is 2.63 bits per heavy atom. The van der Waals surface area contributed by atoms with Crippen molar-refractivity contribution in [2.24, 2.45) is 0 Å². The monoisotopic (exact) mass is 401 g/mol. The van der Waals surface area contributed by atoms with E-state index >= 15 is 0 Å². The highest BCUT2D eigenvalue weighted by Crippen LogP contribution is 2.39. The number of amides is 1. The third-order valence-corrected chi connectivity index (χ3v) is 7.64. The van der Waals surface area contributed by atoms with E-state index in [2.05, 4.69) is 10.3 Å². The van der Waals surface area contributed by atoms with E-state index in [0.29, 0.717) is 12.2 Å². The summed E-state index contributed by atoms with van der Waals surface area (Å²) in [6.07, 6.45) is 1.58. The van der Waals surface area contributed by atoms with Gasteiger partial charge in [-0.3, -0.25) is 4.79 Å². The molecule has 4 rings (SSSR count). The van der Waals surface area contributed by atoms with Crippen LogP contribution in [-0.2, 0) is 14.8 Å². The van der Waals surface area contributed by atoms with E-state index in [1.807, 2.05) is 24.3 Å². The fourth-order valence-corrected chi connectivity index (χ4v) is 6.20. The maximum Gasteiger partial charge on any atom is 0.243 e. The zero-order valence-electron chi connectivity index (χ0n) is 14.8. The van der Waals surface area contributed by atoms with Crippen LogP contribution in [-0.4, -0.2) is 30.2 Å². The Labute approximate surface area is 161 Å². The van der Waals surface area contributed by atoms with Gasteiger partial charge in [-0.2, -0.15) is 4.31 Å². The molecule has 1 aliphatic heterocycles. The van der Waals surface area contributed by atoms with Gasteiger partial charge in [-0.05, 0) is 49.2 Å². The molecule has 0 unspecified atom stereocenters. The van der Waals surface area contributed by atoms with Crippen molar-refractivity contribution >= 4 is 43.2 Å². The molecule has 1 saturated heterocycles. The van der Waals surface area contributed by atoms with Crippen LogP contribution in [0.15, 0.2) is 53.4 Å². The molecule has 2 aromatic carbocycles. The molecule has 0 aliphatic carbocycles. The first kappa shape index (κ1) is 18.1. The molecule has 0 bridgehead atoms. The Kier molecular flexibility index (Phi) is 4.71. The molecule has 1 N–H and O–H groups in total. The topological polar surface area (TPSA) is 79.4 Å². The second-order valence-electron chi connectivity index (χ2n) is 6.50. The number of nitrogens with one attached hydrogen (secondary N) is 1. The van der Waals surface area contributed by atoms with Gasteiger partial charge in [-0.1, -0.05) is 12.1 Å². The summed E-state index contributed by atoms with van der Waals surface area (Å²) in [5.74, 6) is -0.193. The molecule has 3 aromatic rings. The lowest BCUT2D eigenvalue weighted by molar-refractivity contribution is -0.114. The average Bonchev–Trinajstić information content (AvgIpc) is 3.28. The molecule has 0 saturated carbocycles. The molecule has 6 nitrogen and oxygen atoms in total. The molecule has 1 aliphatic rings. The number of rotatable bonds is 4. The second-order valence-corrected chi connectivity index (χ2v) is 9.45. The Bertz CT molecular complexity index is 1060. The summed E-state index contributed by atoms with van der Waals surface area (Å²) in [5, 5.41) is 3.49. The summed E-state index contributed by atoms with van der Waals surface area (Å²) < 4.78 is 29.0. The van der Waals surface area contributed by atoms with Gasteiger partial charge in [-0.15, -0.1) is 11.3 Å². The first-order chi connectivity index (χ1) is 12.9. The summed E-state index contributed by atoms with van der Waals surface area (Å²) >= 11 is 1.55. The van der Waals surface area contributed by atoms with Crippen molar-refractivity contribution in [1.29, 1.82) is 0 Å². The highest BCUT2D eigenvalue weighted by molar-refractivity contribution is 7.89. The van der Waals surface area contributed by atoms with Gasteiger partial charge in [0.1, 0.15) is 5.01 Å². The summed E-state index contributed by atoms with van der Waals surface area (Å²) in [6.45, 7) is 1.90. The number of para-hydroxylation sites is 1. The molecular formula is C19H19N3O3S2. The standard InChI is InChI=1S/C19H19N3O3S2/c1-13(23)20-14-8-10-15(11-9-14)27(24,25)22-12-4-6-17(22)19-21-16-5-2-3-7-18(16)26-19/h2-3,5,7-11,17H,4,6,12H2,1H3,(H,20,23)/t17-/m0/s1. The molecule has 1 aromatic heterocycles. The van der Waals surface area contributed by atoms with Crippen molar-refractivity contribution < 1.29 is 13.2 Å². The number of fused-ring (bicyclic) bond motifs is 1. The molecule has 140 valence electrons. The van der Waals surface area contributed by atoms with Gasteiger partial charge < -0.3 is 5.32 Å². The molecular weight excluding hydrogens is 382 g/mol. The van der Waals surface area contributed by atoms with Gasteiger partial charge >= 0.3 is 0 Å².